The third-order valence-corrected chi connectivity index (χ3v) is 4.80. The maximum atomic E-state index is 9.54. The summed E-state index contributed by atoms with van der Waals surface area (Å²) in [7, 11) is -1.57. The predicted molar refractivity (Wildman–Crippen MR) is 106 cm³/mol. The van der Waals surface area contributed by atoms with Gasteiger partial charge in [-0.3, -0.25) is 0 Å². The third kappa shape index (κ3) is 3.61. The van der Waals surface area contributed by atoms with Gasteiger partial charge in [0.15, 0.2) is 0 Å². The van der Waals surface area contributed by atoms with Crippen LogP contribution in [0.2, 0.25) is 0 Å². The fourth-order valence-electron chi connectivity index (χ4n) is 2.77. The number of fused-ring (bicyclic) bond motifs is 1. The predicted octanol–water partition coefficient (Wildman–Crippen LogP) is 1.59. The van der Waals surface area contributed by atoms with E-state index in [4.69, 9.17) is 10.5 Å². The van der Waals surface area contributed by atoms with E-state index < -0.39 is 7.12 Å². The molecule has 2 heterocycles. The molecule has 0 aliphatic carbocycles. The topological polar surface area (TPSA) is 114 Å². The summed E-state index contributed by atoms with van der Waals surface area (Å²) in [6.07, 6.45) is 3.26. The van der Waals surface area contributed by atoms with Gasteiger partial charge in [0.05, 0.1) is 17.4 Å². The Morgan fingerprint density at radius 3 is 2.78 bits per heavy atom. The minimum atomic E-state index is -1.57. The van der Waals surface area contributed by atoms with Gasteiger partial charge >= 0.3 is 7.12 Å². The average Bonchev–Trinajstić information content (AvgIpc) is 3.20. The van der Waals surface area contributed by atoms with Gasteiger partial charge in [0.2, 0.25) is 0 Å². The summed E-state index contributed by atoms with van der Waals surface area (Å²) in [6.45, 7) is 0.366. The van der Waals surface area contributed by atoms with Crippen molar-refractivity contribution in [3.63, 3.8) is 0 Å². The Morgan fingerprint density at radius 2 is 2.00 bits per heavy atom. The number of anilines is 1. The van der Waals surface area contributed by atoms with E-state index in [2.05, 4.69) is 14.6 Å². The first-order valence-electron chi connectivity index (χ1n) is 8.14. The number of benzene rings is 2. The van der Waals surface area contributed by atoms with Gasteiger partial charge in [-0.15, -0.1) is 0 Å². The lowest BCUT2D eigenvalue weighted by atomic mass is 9.79. The number of nitrogens with two attached hydrogens (primary N) is 1. The molecule has 0 fully saturated rings. The summed E-state index contributed by atoms with van der Waals surface area (Å²) in [4.78, 5) is 0. The zero-order chi connectivity index (χ0) is 18.8. The van der Waals surface area contributed by atoms with Gasteiger partial charge in [-0.25, -0.2) is 4.37 Å². The molecule has 0 saturated carbocycles. The van der Waals surface area contributed by atoms with E-state index in [-0.39, 0.29) is 0 Å². The molecule has 0 aliphatic rings. The van der Waals surface area contributed by atoms with Gasteiger partial charge in [-0.1, -0.05) is 18.2 Å². The van der Waals surface area contributed by atoms with Crippen molar-refractivity contribution in [2.45, 2.75) is 6.61 Å². The molecule has 0 atom stereocenters. The molecule has 7 nitrogen and oxygen atoms in total. The summed E-state index contributed by atoms with van der Waals surface area (Å²) in [5.74, 6) is 0.613. The minimum absolute atomic E-state index is 0.366. The largest absolute Gasteiger partial charge is 0.488 e. The van der Waals surface area contributed by atoms with Crippen LogP contribution in [-0.2, 0) is 6.61 Å². The maximum Gasteiger partial charge on any atom is 0.488 e. The third-order valence-electron chi connectivity index (χ3n) is 4.16. The molecule has 9 heteroatoms. The Labute approximate surface area is 159 Å². The molecule has 2 aromatic heterocycles. The highest BCUT2D eigenvalue weighted by molar-refractivity contribution is 7.03. The smallest absolute Gasteiger partial charge is 0.488 e. The Kier molecular flexibility index (Phi) is 4.72. The lowest BCUT2D eigenvalue weighted by Gasteiger charge is -2.14. The Hall–Kier alpha value is -3.01. The molecule has 4 aromatic rings. The minimum Gasteiger partial charge on any atom is -0.488 e. The average molecular weight is 378 g/mol. The van der Waals surface area contributed by atoms with Crippen molar-refractivity contribution >= 4 is 40.7 Å². The highest BCUT2D eigenvalue weighted by atomic mass is 32.1. The second-order valence-electron chi connectivity index (χ2n) is 5.98. The highest BCUT2D eigenvalue weighted by Crippen LogP contribution is 2.32. The molecular weight excluding hydrogens is 363 g/mol. The molecule has 0 amide bonds. The van der Waals surface area contributed by atoms with E-state index in [0.29, 0.717) is 29.0 Å². The van der Waals surface area contributed by atoms with Gasteiger partial charge in [0, 0.05) is 28.1 Å². The van der Waals surface area contributed by atoms with Crippen LogP contribution in [0.25, 0.3) is 22.0 Å². The normalized spacial score (nSPS) is 10.9. The second kappa shape index (κ2) is 7.32. The van der Waals surface area contributed by atoms with E-state index in [1.807, 2.05) is 23.6 Å². The molecule has 2 aromatic carbocycles. The zero-order valence-electron chi connectivity index (χ0n) is 14.1. The molecule has 4 rings (SSSR count). The summed E-state index contributed by atoms with van der Waals surface area (Å²) >= 11 is 1.36. The number of ether oxygens (including phenoxy) is 1. The fourth-order valence-corrected chi connectivity index (χ4v) is 3.29. The number of aromatic nitrogens is 3. The van der Waals surface area contributed by atoms with Crippen LogP contribution in [0.3, 0.4) is 0 Å². The van der Waals surface area contributed by atoms with E-state index in [1.165, 1.54) is 17.7 Å². The standard InChI is InChI=1S/C18H15BN4O3S/c20-16-8-21-23-17-5-12(1-3-14(16)17)15-6-13(19(24)25)2-4-18(15)26-9-11-7-22-27-10-11/h1-8,10,24-25H,9H2,(H2,20,23). The van der Waals surface area contributed by atoms with Crippen LogP contribution in [0.1, 0.15) is 5.56 Å². The zero-order valence-corrected chi connectivity index (χ0v) is 14.9. The molecule has 134 valence electrons. The Morgan fingerprint density at radius 1 is 1.11 bits per heavy atom. The fraction of sp³-hybridized carbons (Fsp3) is 0.0556. The Balaban J connectivity index is 1.77. The monoisotopic (exact) mass is 378 g/mol. The van der Waals surface area contributed by atoms with Crippen molar-refractivity contribution in [1.29, 1.82) is 0 Å². The van der Waals surface area contributed by atoms with Gasteiger partial charge in [-0.2, -0.15) is 10.2 Å². The lowest BCUT2D eigenvalue weighted by Crippen LogP contribution is -2.29. The molecule has 0 bridgehead atoms. The van der Waals surface area contributed by atoms with Crippen molar-refractivity contribution in [3.8, 4) is 16.9 Å². The summed E-state index contributed by atoms with van der Waals surface area (Å²) in [6, 6.07) is 10.6. The second-order valence-corrected chi connectivity index (χ2v) is 6.64. The van der Waals surface area contributed by atoms with Crippen molar-refractivity contribution < 1.29 is 14.8 Å². The first-order chi connectivity index (χ1) is 13.1. The van der Waals surface area contributed by atoms with E-state index >= 15 is 0 Å². The van der Waals surface area contributed by atoms with Gasteiger partial charge in [0.25, 0.3) is 0 Å². The first-order valence-corrected chi connectivity index (χ1v) is 8.98. The van der Waals surface area contributed by atoms with Crippen LogP contribution in [0.5, 0.6) is 5.75 Å². The molecular formula is C18H15BN4O3S. The van der Waals surface area contributed by atoms with E-state index in [1.54, 1.807) is 24.4 Å². The van der Waals surface area contributed by atoms with Crippen LogP contribution in [0.15, 0.2) is 54.2 Å². The van der Waals surface area contributed by atoms with Crippen molar-refractivity contribution in [3.05, 3.63) is 59.7 Å². The van der Waals surface area contributed by atoms with Gasteiger partial charge in [-0.05, 0) is 40.8 Å². The highest BCUT2D eigenvalue weighted by Gasteiger charge is 2.16. The van der Waals surface area contributed by atoms with Crippen molar-refractivity contribution in [1.82, 2.24) is 14.6 Å². The number of nitrogens with zero attached hydrogens (tertiary/aromatic N) is 3. The SMILES string of the molecule is Nc1cnnc2cc(-c3cc(B(O)O)ccc3OCc3cnsc3)ccc12. The summed E-state index contributed by atoms with van der Waals surface area (Å²) < 4.78 is 10.0. The quantitative estimate of drug-likeness (QED) is 0.452. The van der Waals surface area contributed by atoms with Crippen molar-refractivity contribution in [2.75, 3.05) is 5.73 Å². The van der Waals surface area contributed by atoms with Crippen LogP contribution in [0, 0.1) is 0 Å². The molecule has 0 unspecified atom stereocenters. The number of hydrogen-bond donors (Lipinski definition) is 3. The molecule has 0 spiro atoms. The summed E-state index contributed by atoms with van der Waals surface area (Å²) in [5, 5.41) is 29.8. The van der Waals surface area contributed by atoms with Gasteiger partial charge in [0.1, 0.15) is 12.4 Å². The molecule has 4 N–H and O–H groups in total. The Bertz CT molecular complexity index is 1090. The molecule has 0 aliphatic heterocycles. The number of rotatable bonds is 5. The van der Waals surface area contributed by atoms with E-state index in [0.717, 1.165) is 22.1 Å². The first kappa shape index (κ1) is 17.4. The van der Waals surface area contributed by atoms with Gasteiger partial charge < -0.3 is 20.5 Å². The molecule has 0 saturated heterocycles. The molecule has 27 heavy (non-hydrogen) atoms. The summed E-state index contributed by atoms with van der Waals surface area (Å²) in [5.41, 5.74) is 10.0. The number of hydrogen-bond acceptors (Lipinski definition) is 8. The van der Waals surface area contributed by atoms with Crippen molar-refractivity contribution in [2.24, 2.45) is 0 Å². The number of nitrogen functional groups attached to an aromatic ring is 1. The van der Waals surface area contributed by atoms with Crippen LogP contribution in [-0.4, -0.2) is 31.7 Å². The van der Waals surface area contributed by atoms with Crippen LogP contribution >= 0.6 is 11.5 Å². The lowest BCUT2D eigenvalue weighted by molar-refractivity contribution is 0.308. The van der Waals surface area contributed by atoms with Crippen LogP contribution in [0.4, 0.5) is 5.69 Å². The maximum absolute atomic E-state index is 9.54. The molecule has 0 radical (unpaired) electrons. The van der Waals surface area contributed by atoms with Crippen LogP contribution < -0.4 is 15.9 Å². The van der Waals surface area contributed by atoms with E-state index in [9.17, 15) is 10.0 Å².